The highest BCUT2D eigenvalue weighted by atomic mass is 32.1. The molecule has 21 nitrogen and oxygen atoms in total. The van der Waals surface area contributed by atoms with Crippen LogP contribution in [0.3, 0.4) is 0 Å². The number of carbonyl (C=O) groups is 5. The first kappa shape index (κ1) is 87.5. The monoisotopic (exact) mass is 1660 g/mol. The minimum atomic E-state index is -0.516. The lowest BCUT2D eigenvalue weighted by molar-refractivity contribution is -0.118. The number of para-hydroxylation sites is 2. The standard InChI is InChI=1S/C27H31N3O2.C26H30N2O3.C23H18N2O4S2.C22H26N2O3/c1-21-8-13-26(18-22(21)2)32-20-27(31)28-24-9-11-25(12-10-24)30-16-14-29(15-17-30)19-23-6-4-3-5-7-23;29-24(19-27-15-17-28(18-16-27)23-9-5-2-6-10-23)21-31-26-13-11-25(12-14-26)30-20-22-7-3-1-4-8-22;26-18-8-6-14(12-17(18)25-23(29)21-4-2-10-31-21)11-15-5-7-16(19(27)13-15)24-22(28)20-3-1-9-30-20;1-16-8-7-11-18(14-16)27-15-21(25)24-20-13-6-5-12-19(20)22(26)23-17-9-3-2-4-10-17/h3-13,18H,14-17,19-20H2,1-2H3,(H,28,31);1-14,24,29H,15-21H2;1-10,12-13,26-27H,11H2,(H,24,28)(H,25,29);5-8,11-14,17H,2-4,9-10,15H2,1H3,(H,23,26)(H,24,25). The minimum Gasteiger partial charge on any atom is -0.506 e. The zero-order chi connectivity index (χ0) is 84.5. The van der Waals surface area contributed by atoms with Gasteiger partial charge in [0.15, 0.2) is 13.2 Å². The third kappa shape index (κ3) is 28.2. The zero-order valence-electron chi connectivity index (χ0n) is 68.5. The van der Waals surface area contributed by atoms with E-state index in [9.17, 15) is 39.3 Å². The molecule has 0 spiro atoms. The van der Waals surface area contributed by atoms with Gasteiger partial charge in [-0.1, -0.05) is 153 Å². The molecule has 4 heterocycles. The maximum absolute atomic E-state index is 12.6. The van der Waals surface area contributed by atoms with E-state index in [-0.39, 0.29) is 66.9 Å². The molecular weight excluding hydrogens is 1560 g/mol. The Kier molecular flexibility index (Phi) is 32.9. The summed E-state index contributed by atoms with van der Waals surface area (Å²) in [5.74, 6) is 1.67. The largest absolute Gasteiger partial charge is 0.506 e. The molecule has 1 unspecified atom stereocenters. The van der Waals surface area contributed by atoms with Crippen LogP contribution in [-0.4, -0.2) is 146 Å². The van der Waals surface area contributed by atoms with E-state index in [0.29, 0.717) is 63.5 Å². The zero-order valence-corrected chi connectivity index (χ0v) is 70.1. The van der Waals surface area contributed by atoms with Crippen molar-refractivity contribution in [1.29, 1.82) is 0 Å². The fourth-order valence-corrected chi connectivity index (χ4v) is 15.2. The highest BCUT2D eigenvalue weighted by Crippen LogP contribution is 2.32. The summed E-state index contributed by atoms with van der Waals surface area (Å²) in [4.78, 5) is 72.3. The molecular formula is C98H105N9O12S2. The van der Waals surface area contributed by atoms with Crippen molar-refractivity contribution >= 4 is 86.3 Å². The molecule has 1 atom stereocenters. The maximum atomic E-state index is 12.6. The predicted molar refractivity (Wildman–Crippen MR) is 484 cm³/mol. The van der Waals surface area contributed by atoms with E-state index < -0.39 is 6.10 Å². The number of ether oxygens (including phenoxy) is 4. The van der Waals surface area contributed by atoms with Crippen molar-refractivity contribution < 1.29 is 58.2 Å². The van der Waals surface area contributed by atoms with Gasteiger partial charge >= 0.3 is 0 Å². The number of phenols is 2. The number of thiophene rings is 2. The van der Waals surface area contributed by atoms with Crippen LogP contribution in [0.15, 0.2) is 278 Å². The van der Waals surface area contributed by atoms with Gasteiger partial charge in [0.1, 0.15) is 53.8 Å². The number of hydrogen-bond donors (Lipinski definition) is 8. The quantitative estimate of drug-likeness (QED) is 0.0212. The summed E-state index contributed by atoms with van der Waals surface area (Å²) >= 11 is 2.64. The molecule has 8 N–H and O–H groups in total. The molecule has 2 saturated heterocycles. The van der Waals surface area contributed by atoms with Gasteiger partial charge in [0.25, 0.3) is 29.5 Å². The van der Waals surface area contributed by atoms with Crippen LogP contribution < -0.4 is 55.3 Å². The van der Waals surface area contributed by atoms with Crippen LogP contribution >= 0.6 is 22.7 Å². The second-order valence-electron chi connectivity index (χ2n) is 30.0. The van der Waals surface area contributed by atoms with Crippen molar-refractivity contribution in [2.45, 2.75) is 84.6 Å². The molecule has 626 valence electrons. The molecule has 1 saturated carbocycles. The van der Waals surface area contributed by atoms with E-state index in [2.05, 4.69) is 120 Å². The molecule has 3 fully saturated rings. The number of nitrogens with zero attached hydrogens (tertiary/aromatic N) is 4. The lowest BCUT2D eigenvalue weighted by Gasteiger charge is -2.36. The Morgan fingerprint density at radius 1 is 0.421 bits per heavy atom. The number of benzene rings is 10. The molecule has 15 rings (SSSR count). The van der Waals surface area contributed by atoms with Crippen molar-refractivity contribution in [3.05, 3.63) is 332 Å². The normalized spacial score (nSPS) is 13.7. The van der Waals surface area contributed by atoms with Crippen LogP contribution in [0.25, 0.3) is 0 Å². The Bertz CT molecular complexity index is 5240. The van der Waals surface area contributed by atoms with Gasteiger partial charge in [0.05, 0.1) is 32.4 Å². The summed E-state index contributed by atoms with van der Waals surface area (Å²) in [5.41, 5.74) is 12.4. The number of rotatable bonds is 28. The van der Waals surface area contributed by atoms with Crippen molar-refractivity contribution in [2.24, 2.45) is 0 Å². The Balaban J connectivity index is 0.000000148. The number of aryl methyl sites for hydroxylation is 3. The number of aliphatic hydroxyl groups is 1. The Hall–Kier alpha value is -12.8. The topological polar surface area (TPSA) is 256 Å². The highest BCUT2D eigenvalue weighted by Gasteiger charge is 2.24. The third-order valence-electron chi connectivity index (χ3n) is 20.7. The summed E-state index contributed by atoms with van der Waals surface area (Å²) in [6, 6.07) is 84.5. The highest BCUT2D eigenvalue weighted by molar-refractivity contribution is 7.12. The van der Waals surface area contributed by atoms with E-state index in [1.807, 2.05) is 140 Å². The van der Waals surface area contributed by atoms with E-state index in [1.54, 1.807) is 78.9 Å². The first-order valence-corrected chi connectivity index (χ1v) is 42.6. The summed E-state index contributed by atoms with van der Waals surface area (Å²) in [7, 11) is 0. The smallest absolute Gasteiger partial charge is 0.265 e. The van der Waals surface area contributed by atoms with Crippen molar-refractivity contribution in [1.82, 2.24) is 15.1 Å². The Morgan fingerprint density at radius 3 is 1.60 bits per heavy atom. The van der Waals surface area contributed by atoms with E-state index in [1.165, 1.54) is 57.7 Å². The Morgan fingerprint density at radius 2 is 0.975 bits per heavy atom. The van der Waals surface area contributed by atoms with Crippen LogP contribution in [0.1, 0.15) is 101 Å². The molecule has 5 amide bonds. The van der Waals surface area contributed by atoms with E-state index in [0.717, 1.165) is 130 Å². The van der Waals surface area contributed by atoms with E-state index >= 15 is 0 Å². The first-order valence-electron chi connectivity index (χ1n) is 40.9. The summed E-state index contributed by atoms with van der Waals surface area (Å²) in [5, 5.41) is 48.7. The van der Waals surface area contributed by atoms with Crippen LogP contribution in [-0.2, 0) is 29.2 Å². The summed E-state index contributed by atoms with van der Waals surface area (Å²) in [6.07, 6.45) is 5.53. The Labute approximate surface area is 716 Å². The predicted octanol–water partition coefficient (Wildman–Crippen LogP) is 17.9. The van der Waals surface area contributed by atoms with Crippen LogP contribution in [0.5, 0.6) is 34.5 Å². The first-order chi connectivity index (χ1) is 58.9. The molecule has 1 aliphatic carbocycles. The van der Waals surface area contributed by atoms with Crippen molar-refractivity contribution in [3.63, 3.8) is 0 Å². The second kappa shape index (κ2) is 45.4. The second-order valence-corrected chi connectivity index (χ2v) is 31.9. The SMILES string of the molecule is Cc1ccc(OCC(=O)Nc2ccc(N3CCN(Cc4ccccc4)CC3)cc2)cc1C.Cc1cccc(OCC(=O)Nc2ccccc2C(=O)NC2CCCCC2)c1.O=C(Nc1ccc(Cc2ccc(O)c(NC(=O)c3cccs3)c2)cc1O)c1cccs1.OC(COc1ccc(OCc2ccccc2)cc1)CN1CCN(c2ccccc2)CC1. The number of anilines is 6. The average molecular weight is 1670 g/mol. The van der Waals surface area contributed by atoms with Gasteiger partial charge in [-0.2, -0.15) is 0 Å². The van der Waals surface area contributed by atoms with Gasteiger partial charge in [-0.15, -0.1) is 22.7 Å². The van der Waals surface area contributed by atoms with Crippen molar-refractivity contribution in [2.75, 3.05) is 110 Å². The molecule has 10 aromatic carbocycles. The maximum Gasteiger partial charge on any atom is 0.265 e. The number of piperazine rings is 2. The number of nitrogens with one attached hydrogen (secondary N) is 5. The number of carbonyl (C=O) groups excluding carboxylic acids is 5. The number of phenolic OH excluding ortho intramolecular Hbond substituents is 2. The molecule has 0 bridgehead atoms. The van der Waals surface area contributed by atoms with Crippen molar-refractivity contribution in [3.8, 4) is 34.5 Å². The van der Waals surface area contributed by atoms with Gasteiger partial charge in [-0.05, 0) is 223 Å². The number of aliphatic hydroxyl groups excluding tert-OH is 1. The lowest BCUT2D eigenvalue weighted by Crippen LogP contribution is -2.49. The van der Waals surface area contributed by atoms with Gasteiger partial charge < -0.3 is 70.7 Å². The van der Waals surface area contributed by atoms with Gasteiger partial charge in [-0.3, -0.25) is 33.8 Å². The average Bonchev–Trinajstić information content (AvgIpc) is 1.45. The van der Waals surface area contributed by atoms with Gasteiger partial charge in [-0.25, -0.2) is 0 Å². The molecule has 3 aliphatic rings. The number of β-amino-alcohol motifs (C(OH)–C–C–N with tert-alkyl or cyclic N) is 1. The molecule has 23 heteroatoms. The number of hydrogen-bond acceptors (Lipinski definition) is 18. The fraction of sp³-hybridized carbons (Fsp3) is 0.255. The van der Waals surface area contributed by atoms with Gasteiger partial charge in [0, 0.05) is 88.6 Å². The molecule has 2 aliphatic heterocycles. The fourth-order valence-electron chi connectivity index (χ4n) is 14.0. The molecule has 2 aromatic heterocycles. The van der Waals surface area contributed by atoms with Crippen LogP contribution in [0, 0.1) is 20.8 Å². The molecule has 121 heavy (non-hydrogen) atoms. The van der Waals surface area contributed by atoms with Crippen LogP contribution in [0.2, 0.25) is 0 Å². The molecule has 0 radical (unpaired) electrons. The minimum absolute atomic E-state index is 0.00632. The molecule has 12 aromatic rings. The third-order valence-corrected chi connectivity index (χ3v) is 22.5. The van der Waals surface area contributed by atoms with Crippen LogP contribution in [0.4, 0.5) is 34.1 Å². The van der Waals surface area contributed by atoms with Gasteiger partial charge in [0.2, 0.25) is 0 Å². The summed E-state index contributed by atoms with van der Waals surface area (Å²) in [6.45, 7) is 16.3. The number of amides is 5. The lowest BCUT2D eigenvalue weighted by atomic mass is 9.95. The number of aromatic hydroxyl groups is 2. The van der Waals surface area contributed by atoms with E-state index in [4.69, 9.17) is 18.9 Å². The summed E-state index contributed by atoms with van der Waals surface area (Å²) < 4.78 is 22.7.